The molecular formula is C15H24N3O+. The molecule has 4 heteroatoms. The predicted molar refractivity (Wildman–Crippen MR) is 79.0 cm³/mol. The summed E-state index contributed by atoms with van der Waals surface area (Å²) in [5, 5.41) is 0. The zero-order chi connectivity index (χ0) is 13.7. The van der Waals surface area contributed by atoms with Gasteiger partial charge >= 0.3 is 0 Å². The van der Waals surface area contributed by atoms with Crippen LogP contribution in [0.2, 0.25) is 0 Å². The van der Waals surface area contributed by atoms with Crippen LogP contribution in [0.15, 0.2) is 41.6 Å². The number of quaternary nitrogens is 1. The van der Waals surface area contributed by atoms with Gasteiger partial charge in [0.15, 0.2) is 6.67 Å². The first-order valence-corrected chi connectivity index (χ1v) is 7.13. The van der Waals surface area contributed by atoms with Crippen molar-refractivity contribution in [2.75, 3.05) is 20.3 Å². The van der Waals surface area contributed by atoms with Crippen LogP contribution in [0, 0.1) is 0 Å². The molecule has 104 valence electrons. The molecule has 0 aromatic carbocycles. The zero-order valence-corrected chi connectivity index (χ0v) is 12.0. The van der Waals surface area contributed by atoms with Crippen LogP contribution in [0.4, 0.5) is 0 Å². The van der Waals surface area contributed by atoms with Crippen molar-refractivity contribution in [3.8, 4) is 0 Å². The van der Waals surface area contributed by atoms with Gasteiger partial charge in [0.05, 0.1) is 12.4 Å². The van der Waals surface area contributed by atoms with E-state index in [2.05, 4.69) is 31.3 Å². The number of pyridine rings is 1. The third kappa shape index (κ3) is 3.07. The van der Waals surface area contributed by atoms with Crippen molar-refractivity contribution in [1.82, 2.24) is 14.2 Å². The molecule has 0 N–H and O–H groups in total. The molecule has 0 fully saturated rings. The highest BCUT2D eigenvalue weighted by molar-refractivity contribution is 5.07. The average Bonchev–Trinajstić information content (AvgIpc) is 2.78. The topological polar surface area (TPSA) is 25.2 Å². The molecule has 1 atom stereocenters. The maximum absolute atomic E-state index is 12.1. The summed E-state index contributed by atoms with van der Waals surface area (Å²) in [6.45, 7) is 4.02. The summed E-state index contributed by atoms with van der Waals surface area (Å²) in [4.78, 5) is 14.2. The van der Waals surface area contributed by atoms with Gasteiger partial charge in [-0.25, -0.2) is 0 Å². The Morgan fingerprint density at radius 1 is 1.26 bits per heavy atom. The number of rotatable bonds is 6. The van der Waals surface area contributed by atoms with Crippen LogP contribution in [-0.4, -0.2) is 29.8 Å². The van der Waals surface area contributed by atoms with E-state index in [0.29, 0.717) is 4.59 Å². The molecule has 1 unspecified atom stereocenters. The summed E-state index contributed by atoms with van der Waals surface area (Å²) in [6, 6.07) is 5.37. The van der Waals surface area contributed by atoms with Gasteiger partial charge in [0.25, 0.3) is 5.56 Å². The summed E-state index contributed by atoms with van der Waals surface area (Å²) in [5.41, 5.74) is 0.0675. The van der Waals surface area contributed by atoms with Gasteiger partial charge in [0.2, 0.25) is 0 Å². The summed E-state index contributed by atoms with van der Waals surface area (Å²) in [7, 11) is 2.05. The van der Waals surface area contributed by atoms with E-state index in [1.807, 2.05) is 16.9 Å². The van der Waals surface area contributed by atoms with Crippen molar-refractivity contribution in [3.63, 3.8) is 0 Å². The van der Waals surface area contributed by atoms with Gasteiger partial charge in [0.1, 0.15) is 12.7 Å². The highest BCUT2D eigenvalue weighted by Gasteiger charge is 2.33. The highest BCUT2D eigenvalue weighted by atomic mass is 16.1. The second kappa shape index (κ2) is 6.06. The fourth-order valence-corrected chi connectivity index (χ4v) is 2.67. The van der Waals surface area contributed by atoms with Crippen molar-refractivity contribution in [2.24, 2.45) is 0 Å². The lowest BCUT2D eigenvalue weighted by Gasteiger charge is -2.32. The molecule has 0 radical (unpaired) electrons. The maximum atomic E-state index is 12.1. The van der Waals surface area contributed by atoms with E-state index in [-0.39, 0.29) is 5.56 Å². The van der Waals surface area contributed by atoms with Crippen LogP contribution >= 0.6 is 0 Å². The Kier molecular flexibility index (Phi) is 4.43. The Balaban J connectivity index is 2.19. The number of aromatic nitrogens is 1. The van der Waals surface area contributed by atoms with Gasteiger partial charge in [-0.15, -0.1) is 0 Å². The summed E-state index contributed by atoms with van der Waals surface area (Å²) >= 11 is 0. The average molecular weight is 262 g/mol. The number of nitrogens with zero attached hydrogens (tertiary/aromatic N) is 3. The van der Waals surface area contributed by atoms with Crippen molar-refractivity contribution in [3.05, 3.63) is 47.1 Å². The first kappa shape index (κ1) is 13.9. The predicted octanol–water partition coefficient (Wildman–Crippen LogP) is 2.24. The van der Waals surface area contributed by atoms with E-state index in [1.54, 1.807) is 12.1 Å². The van der Waals surface area contributed by atoms with E-state index in [1.165, 1.54) is 19.3 Å². The third-order valence-corrected chi connectivity index (χ3v) is 3.70. The standard InChI is InChI=1S/C15H24N3O/c1-3-4-5-8-12-18(13-11-16(2)14-18)17-10-7-6-9-15(17)19/h6-7,9-11,13H,3-5,8,12,14H2,1-2H3/q+1. The third-order valence-electron chi connectivity index (χ3n) is 3.70. The number of hydrogen-bond donors (Lipinski definition) is 0. The van der Waals surface area contributed by atoms with Gasteiger partial charge in [-0.1, -0.05) is 25.8 Å². The zero-order valence-electron chi connectivity index (χ0n) is 12.0. The molecule has 0 bridgehead atoms. The van der Waals surface area contributed by atoms with Gasteiger partial charge in [0, 0.05) is 13.1 Å². The molecule has 1 aromatic heterocycles. The van der Waals surface area contributed by atoms with Gasteiger partial charge in [-0.3, -0.25) is 4.79 Å². The Morgan fingerprint density at radius 2 is 2.11 bits per heavy atom. The normalized spacial score (nSPS) is 22.1. The maximum Gasteiger partial charge on any atom is 0.296 e. The Hall–Kier alpha value is -1.55. The molecule has 1 aromatic rings. The second-order valence-corrected chi connectivity index (χ2v) is 5.35. The lowest BCUT2D eigenvalue weighted by Crippen LogP contribution is -2.58. The van der Waals surface area contributed by atoms with Crippen LogP contribution in [0.5, 0.6) is 0 Å². The Labute approximate surface area is 115 Å². The minimum absolute atomic E-state index is 0.0675. The molecule has 19 heavy (non-hydrogen) atoms. The first-order chi connectivity index (χ1) is 9.18. The Morgan fingerprint density at radius 3 is 2.74 bits per heavy atom. The minimum atomic E-state index is 0.0675. The fourth-order valence-electron chi connectivity index (χ4n) is 2.67. The highest BCUT2D eigenvalue weighted by Crippen LogP contribution is 2.16. The monoisotopic (exact) mass is 262 g/mol. The molecule has 0 spiro atoms. The molecule has 0 aliphatic carbocycles. The van der Waals surface area contributed by atoms with Gasteiger partial charge < -0.3 is 4.90 Å². The molecule has 2 heterocycles. The largest absolute Gasteiger partial charge is 0.327 e. The van der Waals surface area contributed by atoms with Crippen molar-refractivity contribution < 1.29 is 0 Å². The van der Waals surface area contributed by atoms with Crippen LogP contribution < -0.4 is 10.2 Å². The first-order valence-electron chi connectivity index (χ1n) is 7.13. The molecule has 1 aliphatic heterocycles. The molecule has 0 saturated carbocycles. The van der Waals surface area contributed by atoms with E-state index in [0.717, 1.165) is 19.6 Å². The van der Waals surface area contributed by atoms with E-state index in [9.17, 15) is 4.79 Å². The van der Waals surface area contributed by atoms with E-state index < -0.39 is 0 Å². The molecule has 2 rings (SSSR count). The summed E-state index contributed by atoms with van der Waals surface area (Å²) < 4.78 is 2.44. The molecule has 1 aliphatic rings. The quantitative estimate of drug-likeness (QED) is 0.580. The van der Waals surface area contributed by atoms with E-state index in [4.69, 9.17) is 0 Å². The lowest BCUT2D eigenvalue weighted by molar-refractivity contribution is 0.150. The van der Waals surface area contributed by atoms with Crippen LogP contribution in [0.3, 0.4) is 0 Å². The smallest absolute Gasteiger partial charge is 0.296 e. The van der Waals surface area contributed by atoms with Gasteiger partial charge in [-0.05, 0) is 18.9 Å². The van der Waals surface area contributed by atoms with Gasteiger partial charge in [-0.2, -0.15) is 9.27 Å². The van der Waals surface area contributed by atoms with Crippen molar-refractivity contribution in [1.29, 1.82) is 0 Å². The van der Waals surface area contributed by atoms with Crippen molar-refractivity contribution >= 4 is 0 Å². The Bertz CT molecular complexity index is 494. The minimum Gasteiger partial charge on any atom is -0.327 e. The SMILES string of the molecule is CCCCCC[N+]1(n2ccccc2=O)C=CN(C)C1. The second-order valence-electron chi connectivity index (χ2n) is 5.35. The number of hydrogen-bond acceptors (Lipinski definition) is 2. The molecule has 0 saturated heterocycles. The lowest BCUT2D eigenvalue weighted by atomic mass is 10.2. The van der Waals surface area contributed by atoms with Crippen molar-refractivity contribution in [2.45, 2.75) is 32.6 Å². The van der Waals surface area contributed by atoms with Crippen LogP contribution in [0.1, 0.15) is 32.6 Å². The fraction of sp³-hybridized carbons (Fsp3) is 0.533. The molecular weight excluding hydrogens is 238 g/mol. The van der Waals surface area contributed by atoms with E-state index >= 15 is 0 Å². The number of unbranched alkanes of at least 4 members (excludes halogenated alkanes) is 3. The summed E-state index contributed by atoms with van der Waals surface area (Å²) in [5.74, 6) is 0. The molecule has 0 amide bonds. The summed E-state index contributed by atoms with van der Waals surface area (Å²) in [6.07, 6.45) is 11.0. The molecule has 4 nitrogen and oxygen atoms in total. The van der Waals surface area contributed by atoms with Crippen LogP contribution in [0.25, 0.3) is 0 Å². The van der Waals surface area contributed by atoms with Crippen LogP contribution in [-0.2, 0) is 0 Å².